The van der Waals surface area contributed by atoms with Crippen molar-refractivity contribution in [3.8, 4) is 5.75 Å². The molecule has 156 valence electrons. The largest absolute Gasteiger partial charge is 0.491 e. The molecule has 29 heavy (non-hydrogen) atoms. The zero-order valence-corrected chi connectivity index (χ0v) is 16.4. The Bertz CT molecular complexity index is 820. The second-order valence-corrected chi connectivity index (χ2v) is 7.48. The Balaban J connectivity index is 1.26. The predicted molar refractivity (Wildman–Crippen MR) is 101 cm³/mol. The summed E-state index contributed by atoms with van der Waals surface area (Å²) in [6.45, 7) is 5.09. The topological polar surface area (TPSA) is 80.9 Å². The summed E-state index contributed by atoms with van der Waals surface area (Å²) in [5, 5.41) is 3.95. The molecule has 0 saturated carbocycles. The Kier molecular flexibility index (Phi) is 6.05. The van der Waals surface area contributed by atoms with Gasteiger partial charge in [0.2, 0.25) is 11.8 Å². The highest BCUT2D eigenvalue weighted by atomic mass is 19.1. The zero-order valence-electron chi connectivity index (χ0n) is 16.4. The molecule has 1 atom stereocenters. The molecule has 0 unspecified atom stereocenters. The fraction of sp³-hybridized carbons (Fsp3) is 0.550. The van der Waals surface area contributed by atoms with Crippen LogP contribution in [0.4, 0.5) is 4.39 Å². The number of piperidine rings is 1. The molecule has 1 amide bonds. The Morgan fingerprint density at radius 2 is 2.00 bits per heavy atom. The van der Waals surface area contributed by atoms with Gasteiger partial charge >= 0.3 is 0 Å². The van der Waals surface area contributed by atoms with Crippen molar-refractivity contribution in [3.63, 3.8) is 0 Å². The molecule has 3 heterocycles. The summed E-state index contributed by atoms with van der Waals surface area (Å²) in [6.07, 6.45) is 1.60. The Morgan fingerprint density at radius 1 is 1.24 bits per heavy atom. The van der Waals surface area contributed by atoms with Gasteiger partial charge in [-0.25, -0.2) is 4.39 Å². The Hall–Kier alpha value is -2.52. The molecule has 4 rings (SSSR count). The van der Waals surface area contributed by atoms with E-state index in [1.807, 2.05) is 4.90 Å². The van der Waals surface area contributed by atoms with Crippen LogP contribution >= 0.6 is 0 Å². The highest BCUT2D eigenvalue weighted by molar-refractivity contribution is 5.78. The molecule has 1 aromatic heterocycles. The van der Waals surface area contributed by atoms with E-state index in [0.29, 0.717) is 37.2 Å². The summed E-state index contributed by atoms with van der Waals surface area (Å²) >= 11 is 0. The van der Waals surface area contributed by atoms with Gasteiger partial charge < -0.3 is 18.9 Å². The highest BCUT2D eigenvalue weighted by Gasteiger charge is 2.34. The van der Waals surface area contributed by atoms with Crippen LogP contribution in [-0.4, -0.2) is 70.8 Å². The number of benzene rings is 1. The summed E-state index contributed by atoms with van der Waals surface area (Å²) in [4.78, 5) is 20.9. The van der Waals surface area contributed by atoms with Gasteiger partial charge in [-0.3, -0.25) is 9.69 Å². The van der Waals surface area contributed by atoms with E-state index in [-0.39, 0.29) is 30.5 Å². The van der Waals surface area contributed by atoms with Crippen molar-refractivity contribution in [3.05, 3.63) is 41.8 Å². The van der Waals surface area contributed by atoms with Crippen molar-refractivity contribution in [2.45, 2.75) is 38.5 Å². The third-order valence-corrected chi connectivity index (χ3v) is 5.35. The molecule has 0 spiro atoms. The van der Waals surface area contributed by atoms with Crippen LogP contribution in [-0.2, 0) is 16.1 Å². The minimum absolute atomic E-state index is 0.0234. The molecule has 1 aromatic carbocycles. The van der Waals surface area contributed by atoms with Crippen molar-refractivity contribution in [1.29, 1.82) is 0 Å². The lowest BCUT2D eigenvalue weighted by Crippen LogP contribution is -2.55. The second-order valence-electron chi connectivity index (χ2n) is 7.48. The quantitative estimate of drug-likeness (QED) is 0.726. The van der Waals surface area contributed by atoms with Crippen LogP contribution < -0.4 is 4.74 Å². The van der Waals surface area contributed by atoms with Crippen molar-refractivity contribution in [2.75, 3.05) is 32.8 Å². The third kappa shape index (κ3) is 5.10. The molecule has 8 nitrogen and oxygen atoms in total. The molecule has 0 bridgehead atoms. The first kappa shape index (κ1) is 19.8. The third-order valence-electron chi connectivity index (χ3n) is 5.35. The molecule has 2 fully saturated rings. The van der Waals surface area contributed by atoms with Crippen molar-refractivity contribution < 1.29 is 23.2 Å². The number of likely N-dealkylation sites (tertiary alicyclic amines) is 1. The van der Waals surface area contributed by atoms with Crippen LogP contribution in [0.1, 0.15) is 24.6 Å². The van der Waals surface area contributed by atoms with Crippen LogP contribution in [0.3, 0.4) is 0 Å². The molecule has 9 heteroatoms. The number of aryl methyl sites for hydroxylation is 1. The molecule has 2 saturated heterocycles. The summed E-state index contributed by atoms with van der Waals surface area (Å²) in [6, 6.07) is 6.08. The first-order chi connectivity index (χ1) is 14.1. The summed E-state index contributed by atoms with van der Waals surface area (Å²) in [7, 11) is 0. The average Bonchev–Trinajstić information content (AvgIpc) is 3.14. The molecule has 0 aliphatic carbocycles. The van der Waals surface area contributed by atoms with E-state index in [9.17, 15) is 9.18 Å². The maximum absolute atomic E-state index is 13.0. The molecule has 2 aromatic rings. The fourth-order valence-corrected chi connectivity index (χ4v) is 3.81. The normalized spacial score (nSPS) is 21.5. The van der Waals surface area contributed by atoms with Crippen LogP contribution in [0.15, 0.2) is 28.8 Å². The standard InChI is InChI=1S/C20H25FN4O4/c1-14-22-19(23-29-14)11-24-8-6-16(7-9-24)25-10-18(28-13-20(25)26)12-27-17-4-2-15(21)3-5-17/h2-5,16,18H,6-13H2,1H3/t18-/m1/s1. The molecular weight excluding hydrogens is 379 g/mol. The van der Waals surface area contributed by atoms with Crippen LogP contribution in [0.25, 0.3) is 0 Å². The maximum atomic E-state index is 13.0. The van der Waals surface area contributed by atoms with Gasteiger partial charge in [-0.2, -0.15) is 4.98 Å². The molecule has 0 N–H and O–H groups in total. The molecule has 2 aliphatic rings. The molecule has 0 radical (unpaired) electrons. The van der Waals surface area contributed by atoms with Crippen molar-refractivity contribution in [1.82, 2.24) is 19.9 Å². The monoisotopic (exact) mass is 404 g/mol. The number of nitrogens with zero attached hydrogens (tertiary/aromatic N) is 4. The Labute approximate surface area is 168 Å². The number of aromatic nitrogens is 2. The van der Waals surface area contributed by atoms with Gasteiger partial charge in [0.25, 0.3) is 0 Å². The van der Waals surface area contributed by atoms with Crippen LogP contribution in [0.2, 0.25) is 0 Å². The van der Waals surface area contributed by atoms with Crippen LogP contribution in [0, 0.1) is 12.7 Å². The van der Waals surface area contributed by atoms with E-state index >= 15 is 0 Å². The van der Waals surface area contributed by atoms with Gasteiger partial charge in [-0.15, -0.1) is 0 Å². The number of rotatable bonds is 6. The van der Waals surface area contributed by atoms with Gasteiger partial charge in [0, 0.05) is 26.1 Å². The van der Waals surface area contributed by atoms with E-state index in [4.69, 9.17) is 14.0 Å². The Morgan fingerprint density at radius 3 is 2.69 bits per heavy atom. The average molecular weight is 404 g/mol. The lowest BCUT2D eigenvalue weighted by atomic mass is 10.0. The highest BCUT2D eigenvalue weighted by Crippen LogP contribution is 2.22. The number of ether oxygens (including phenoxy) is 2. The first-order valence-electron chi connectivity index (χ1n) is 9.88. The number of morpholine rings is 1. The minimum Gasteiger partial charge on any atom is -0.491 e. The molecular formula is C20H25FN4O4. The van der Waals surface area contributed by atoms with Gasteiger partial charge in [-0.05, 0) is 37.1 Å². The maximum Gasteiger partial charge on any atom is 0.248 e. The smallest absolute Gasteiger partial charge is 0.248 e. The first-order valence-corrected chi connectivity index (χ1v) is 9.88. The fourth-order valence-electron chi connectivity index (χ4n) is 3.81. The predicted octanol–water partition coefficient (Wildman–Crippen LogP) is 1.79. The molecule has 2 aliphatic heterocycles. The number of hydrogen-bond donors (Lipinski definition) is 0. The minimum atomic E-state index is -0.302. The number of carbonyl (C=O) groups is 1. The summed E-state index contributed by atoms with van der Waals surface area (Å²) in [5.74, 6) is 1.58. The summed E-state index contributed by atoms with van der Waals surface area (Å²) < 4.78 is 29.3. The number of hydrogen-bond acceptors (Lipinski definition) is 7. The number of halogens is 1. The van der Waals surface area contributed by atoms with Crippen molar-refractivity contribution >= 4 is 5.91 Å². The lowest BCUT2D eigenvalue weighted by molar-refractivity contribution is -0.155. The number of carbonyl (C=O) groups excluding carboxylic acids is 1. The summed E-state index contributed by atoms with van der Waals surface area (Å²) in [5.41, 5.74) is 0. The van der Waals surface area contributed by atoms with E-state index in [0.717, 1.165) is 25.9 Å². The van der Waals surface area contributed by atoms with Gasteiger partial charge in [0.05, 0.1) is 13.1 Å². The van der Waals surface area contributed by atoms with E-state index < -0.39 is 0 Å². The van der Waals surface area contributed by atoms with Gasteiger partial charge in [0.15, 0.2) is 5.82 Å². The van der Waals surface area contributed by atoms with E-state index in [1.54, 1.807) is 19.1 Å². The zero-order chi connectivity index (χ0) is 20.2. The second kappa shape index (κ2) is 8.87. The van der Waals surface area contributed by atoms with Crippen LogP contribution in [0.5, 0.6) is 5.75 Å². The van der Waals surface area contributed by atoms with E-state index in [1.165, 1.54) is 12.1 Å². The lowest BCUT2D eigenvalue weighted by Gasteiger charge is -2.41. The van der Waals surface area contributed by atoms with Gasteiger partial charge in [0.1, 0.15) is 30.9 Å². The SMILES string of the molecule is Cc1nc(CN2CCC(N3C[C@H](COc4ccc(F)cc4)OCC3=O)CC2)no1. The van der Waals surface area contributed by atoms with E-state index in [2.05, 4.69) is 15.0 Å². The van der Waals surface area contributed by atoms with Gasteiger partial charge in [-0.1, -0.05) is 5.16 Å². The number of amides is 1. The van der Waals surface area contributed by atoms with Crippen molar-refractivity contribution in [2.24, 2.45) is 0 Å².